The van der Waals surface area contributed by atoms with Gasteiger partial charge in [-0.3, -0.25) is 0 Å². The summed E-state index contributed by atoms with van der Waals surface area (Å²) in [5.41, 5.74) is 0. The van der Waals surface area contributed by atoms with Crippen LogP contribution < -0.4 is 0 Å². The number of hydrogen-bond acceptors (Lipinski definition) is 4. The maximum Gasteiger partial charge on any atom is -0.813 e. The molecule has 0 aromatic rings. The zero-order valence-corrected chi connectivity index (χ0v) is 9.42. The van der Waals surface area contributed by atoms with E-state index in [9.17, 15) is 0 Å². The molecule has 0 unspecified atom stereocenters. The quantitative estimate of drug-likeness (QED) is 0.298. The molecule has 0 spiro atoms. The Balaban J connectivity index is -0.00000000500. The van der Waals surface area contributed by atoms with Gasteiger partial charge in [0.15, 0.2) is 0 Å². The Hall–Kier alpha value is 1.68. The predicted octanol–water partition coefficient (Wildman–Crippen LogP) is -1.85. The molecule has 0 aliphatic rings. The molecule has 0 rings (SSSR count). The SMILES string of the molecule is [O]=[MoH2].[O]=[MoH2].[SH-].[SH-]. The Kier molecular flexibility index (Phi) is 323. The summed E-state index contributed by atoms with van der Waals surface area (Å²) in [5.74, 6) is 0. The Morgan fingerprint density at radius 3 is 0.667 bits per heavy atom. The fourth-order valence-corrected chi connectivity index (χ4v) is 0. The molecule has 0 saturated heterocycles. The zero-order chi connectivity index (χ0) is 4.00. The van der Waals surface area contributed by atoms with Gasteiger partial charge in [0.05, 0.1) is 0 Å². The molecular formula is H6Mo2O2S2-2. The molecule has 6 heteroatoms. The first kappa shape index (κ1) is 25.3. The number of rotatable bonds is 0. The van der Waals surface area contributed by atoms with Gasteiger partial charge >= 0.3 is 46.3 Å². The average Bonchev–Trinajstić information content (AvgIpc) is 1.50. The van der Waals surface area contributed by atoms with Crippen LogP contribution in [0.5, 0.6) is 0 Å². The molecule has 0 bridgehead atoms. The van der Waals surface area contributed by atoms with E-state index in [2.05, 4.69) is 0 Å². The second-order valence-electron chi connectivity index (χ2n) is 0. The van der Waals surface area contributed by atoms with E-state index >= 15 is 0 Å². The van der Waals surface area contributed by atoms with Crippen LogP contribution in [0.15, 0.2) is 0 Å². The summed E-state index contributed by atoms with van der Waals surface area (Å²) >= 11 is 0.600. The van der Waals surface area contributed by atoms with E-state index in [4.69, 9.17) is 6.80 Å². The van der Waals surface area contributed by atoms with Gasteiger partial charge in [0, 0.05) is 0 Å². The molecule has 0 amide bonds. The van der Waals surface area contributed by atoms with Gasteiger partial charge in [-0.1, -0.05) is 0 Å². The molecule has 0 aliphatic heterocycles. The van der Waals surface area contributed by atoms with Crippen molar-refractivity contribution in [3.63, 3.8) is 0 Å². The van der Waals surface area contributed by atoms with Crippen LogP contribution in [0.2, 0.25) is 0 Å². The van der Waals surface area contributed by atoms with Crippen LogP contribution in [-0.2, 0) is 73.3 Å². The van der Waals surface area contributed by atoms with Crippen molar-refractivity contribution in [3.8, 4) is 0 Å². The minimum Gasteiger partial charge on any atom is -0.813 e. The van der Waals surface area contributed by atoms with Crippen LogP contribution in [0.3, 0.4) is 0 Å². The van der Waals surface area contributed by atoms with E-state index in [0.717, 1.165) is 0 Å². The van der Waals surface area contributed by atoms with Crippen molar-refractivity contribution >= 4 is 27.0 Å². The molecule has 0 saturated carbocycles. The molecule has 0 fully saturated rings. The van der Waals surface area contributed by atoms with Crippen molar-refractivity contribution in [1.82, 2.24) is 0 Å². The van der Waals surface area contributed by atoms with Crippen molar-refractivity contribution in [1.29, 1.82) is 0 Å². The molecule has 6 heavy (non-hydrogen) atoms. The Labute approximate surface area is 72.8 Å². The van der Waals surface area contributed by atoms with Crippen LogP contribution in [0.25, 0.3) is 0 Å². The molecule has 44 valence electrons. The van der Waals surface area contributed by atoms with E-state index in [-0.39, 0.29) is 27.0 Å². The standard InChI is InChI=1S/2Mo.2O.2H2S.4H/h;;;;2*1H2;;;;/p-2. The third-order valence-corrected chi connectivity index (χ3v) is 0. The first-order valence-corrected chi connectivity index (χ1v) is 2.42. The fraction of sp³-hybridized carbons (Fsp3) is 0. The Bertz CT molecular complexity index is 11.5. The summed E-state index contributed by atoms with van der Waals surface area (Å²) in [6.45, 7) is 0. The largest absolute Gasteiger partial charge is 0.813 e. The summed E-state index contributed by atoms with van der Waals surface area (Å²) in [4.78, 5) is 0. The number of thiol groups is 2. The van der Waals surface area contributed by atoms with Crippen molar-refractivity contribution in [3.05, 3.63) is 0 Å². The molecular weight excluding hydrogens is 288 g/mol. The van der Waals surface area contributed by atoms with E-state index < -0.39 is 0 Å². The summed E-state index contributed by atoms with van der Waals surface area (Å²) in [5, 5.41) is 0. The minimum atomic E-state index is 0. The zero-order valence-electron chi connectivity index (χ0n) is 2.71. The van der Waals surface area contributed by atoms with Crippen molar-refractivity contribution in [2.45, 2.75) is 0 Å². The minimum absolute atomic E-state index is 0. The van der Waals surface area contributed by atoms with Gasteiger partial charge in [-0.25, -0.2) is 0 Å². The van der Waals surface area contributed by atoms with Crippen LogP contribution in [0.1, 0.15) is 0 Å². The predicted molar refractivity (Wildman–Crippen MR) is 24.5 cm³/mol. The van der Waals surface area contributed by atoms with Crippen molar-refractivity contribution < 1.29 is 46.3 Å². The van der Waals surface area contributed by atoms with Gasteiger partial charge in [-0.15, -0.1) is 0 Å². The van der Waals surface area contributed by atoms with Crippen LogP contribution in [0.4, 0.5) is 0 Å². The molecule has 0 aliphatic carbocycles. The van der Waals surface area contributed by atoms with E-state index in [1.54, 1.807) is 0 Å². The van der Waals surface area contributed by atoms with E-state index in [0.29, 0.717) is 39.6 Å². The van der Waals surface area contributed by atoms with Gasteiger partial charge in [-0.2, -0.15) is 0 Å². The van der Waals surface area contributed by atoms with Gasteiger partial charge in [0.25, 0.3) is 0 Å². The normalized spacial score (nSPS) is 1.67. The molecule has 0 N–H and O–H groups in total. The van der Waals surface area contributed by atoms with Crippen LogP contribution in [0, 0.1) is 0 Å². The van der Waals surface area contributed by atoms with Crippen molar-refractivity contribution in [2.75, 3.05) is 0 Å². The monoisotopic (exact) mass is 298 g/mol. The summed E-state index contributed by atoms with van der Waals surface area (Å²) in [6.07, 6.45) is 0. The fourth-order valence-electron chi connectivity index (χ4n) is 0. The first-order valence-electron chi connectivity index (χ1n) is 0.408. The third-order valence-electron chi connectivity index (χ3n) is 0. The van der Waals surface area contributed by atoms with Crippen LogP contribution in [-0.4, -0.2) is 0 Å². The Morgan fingerprint density at radius 1 is 0.667 bits per heavy atom. The summed E-state index contributed by atoms with van der Waals surface area (Å²) in [6, 6.07) is 0. The Morgan fingerprint density at radius 2 is 0.667 bits per heavy atom. The third kappa shape index (κ3) is 44.2. The second kappa shape index (κ2) is 76.5. The van der Waals surface area contributed by atoms with E-state index in [1.165, 1.54) is 0 Å². The molecule has 0 aromatic heterocycles. The molecule has 2 nitrogen and oxygen atoms in total. The van der Waals surface area contributed by atoms with Gasteiger partial charge in [-0.05, 0) is 0 Å². The molecule has 0 radical (unpaired) electrons. The van der Waals surface area contributed by atoms with Crippen LogP contribution >= 0.6 is 0 Å². The topological polar surface area (TPSA) is 34.1 Å². The smallest absolute Gasteiger partial charge is 0.813 e. The average molecular weight is 294 g/mol. The van der Waals surface area contributed by atoms with E-state index in [1.807, 2.05) is 0 Å². The second-order valence-corrected chi connectivity index (χ2v) is 0. The molecule has 0 atom stereocenters. The van der Waals surface area contributed by atoms with Gasteiger partial charge in [0.1, 0.15) is 0 Å². The maximum absolute atomic E-state index is 8.34. The summed E-state index contributed by atoms with van der Waals surface area (Å²) in [7, 11) is 0. The molecule has 0 heterocycles. The molecule has 0 aromatic carbocycles. The number of hydrogen-bond donors (Lipinski definition) is 0. The van der Waals surface area contributed by atoms with Gasteiger partial charge < -0.3 is 27.0 Å². The van der Waals surface area contributed by atoms with Crippen molar-refractivity contribution in [2.24, 2.45) is 0 Å². The van der Waals surface area contributed by atoms with Gasteiger partial charge in [0.2, 0.25) is 0 Å². The summed E-state index contributed by atoms with van der Waals surface area (Å²) < 4.78 is 16.7. The first-order chi connectivity index (χ1) is 2.00. The maximum atomic E-state index is 8.34.